The van der Waals surface area contributed by atoms with E-state index >= 15 is 0 Å². The molecule has 2 nitrogen and oxygen atoms in total. The molecule has 0 aliphatic rings. The van der Waals surface area contributed by atoms with Crippen molar-refractivity contribution in [2.75, 3.05) is 0 Å². The number of aliphatic hydroxyl groups is 1. The van der Waals surface area contributed by atoms with Crippen LogP contribution in [0.25, 0.3) is 11.0 Å². The number of aliphatic hydroxyl groups excluding tert-OH is 1. The number of rotatable bonds is 3. The Labute approximate surface area is 129 Å². The maximum absolute atomic E-state index is 10.4. The Kier molecular flexibility index (Phi) is 3.75. The number of hydrogen-bond donors (Lipinski definition) is 1. The summed E-state index contributed by atoms with van der Waals surface area (Å²) in [6.07, 6.45) is -0.140. The van der Waals surface area contributed by atoms with Crippen LogP contribution in [0, 0.1) is 13.8 Å². The molecular weight excluding hydrogens is 284 g/mol. The lowest BCUT2D eigenvalue weighted by atomic mass is 9.99. The van der Waals surface area contributed by atoms with E-state index in [2.05, 4.69) is 32.0 Å². The van der Waals surface area contributed by atoms with Gasteiger partial charge < -0.3 is 9.52 Å². The largest absolute Gasteiger partial charge is 0.457 e. The van der Waals surface area contributed by atoms with Gasteiger partial charge in [0.1, 0.15) is 11.9 Å². The molecule has 0 amide bonds. The third-order valence-electron chi connectivity index (χ3n) is 3.76. The van der Waals surface area contributed by atoms with Crippen LogP contribution < -0.4 is 0 Å². The third-order valence-corrected chi connectivity index (χ3v) is 4.06. The summed E-state index contributed by atoms with van der Waals surface area (Å²) in [6, 6.07) is 13.7. The molecule has 3 aromatic rings. The average Bonchev–Trinajstić information content (AvgIpc) is 2.88. The van der Waals surface area contributed by atoms with Crippen molar-refractivity contribution in [3.05, 3.63) is 69.9 Å². The van der Waals surface area contributed by atoms with E-state index < -0.39 is 6.10 Å². The van der Waals surface area contributed by atoms with Gasteiger partial charge in [-0.05, 0) is 37.1 Å². The van der Waals surface area contributed by atoms with Crippen molar-refractivity contribution in [1.82, 2.24) is 0 Å². The minimum atomic E-state index is -0.672. The van der Waals surface area contributed by atoms with E-state index in [1.807, 2.05) is 18.2 Å². The predicted octanol–water partition coefficient (Wildman–Crippen LogP) is 4.98. The highest BCUT2D eigenvalue weighted by Gasteiger charge is 2.16. The average molecular weight is 301 g/mol. The quantitative estimate of drug-likeness (QED) is 0.740. The van der Waals surface area contributed by atoms with Crippen molar-refractivity contribution in [3.63, 3.8) is 0 Å². The summed E-state index contributed by atoms with van der Waals surface area (Å²) in [5.74, 6) is 0.555. The Morgan fingerprint density at radius 1 is 1.14 bits per heavy atom. The van der Waals surface area contributed by atoms with Gasteiger partial charge in [-0.2, -0.15) is 0 Å². The summed E-state index contributed by atoms with van der Waals surface area (Å²) in [6.45, 7) is 4.10. The molecule has 0 fully saturated rings. The van der Waals surface area contributed by atoms with Gasteiger partial charge in [-0.3, -0.25) is 0 Å². The van der Waals surface area contributed by atoms with Crippen LogP contribution in [-0.2, 0) is 6.42 Å². The second-order valence-electron chi connectivity index (χ2n) is 5.46. The second-order valence-corrected chi connectivity index (χ2v) is 5.86. The molecule has 0 saturated heterocycles. The van der Waals surface area contributed by atoms with E-state index in [9.17, 15) is 5.11 Å². The molecule has 1 N–H and O–H groups in total. The lowest BCUT2D eigenvalue weighted by molar-refractivity contribution is 0.152. The predicted molar refractivity (Wildman–Crippen MR) is 85.8 cm³/mol. The molecule has 108 valence electrons. The molecular formula is C18H17ClO2. The van der Waals surface area contributed by atoms with Crippen molar-refractivity contribution in [3.8, 4) is 0 Å². The maximum atomic E-state index is 10.4. The van der Waals surface area contributed by atoms with E-state index in [0.29, 0.717) is 22.8 Å². The molecule has 0 aliphatic carbocycles. The summed E-state index contributed by atoms with van der Waals surface area (Å²) in [5, 5.41) is 11.9. The zero-order valence-electron chi connectivity index (χ0n) is 12.1. The lowest BCUT2D eigenvalue weighted by Crippen LogP contribution is -2.02. The van der Waals surface area contributed by atoms with E-state index in [0.717, 1.165) is 10.9 Å². The van der Waals surface area contributed by atoms with Crippen LogP contribution in [0.3, 0.4) is 0 Å². The van der Waals surface area contributed by atoms with Crippen LogP contribution in [0.4, 0.5) is 0 Å². The van der Waals surface area contributed by atoms with E-state index in [1.54, 1.807) is 6.07 Å². The van der Waals surface area contributed by atoms with Crippen molar-refractivity contribution >= 4 is 22.6 Å². The number of furan rings is 1. The lowest BCUT2D eigenvalue weighted by Gasteiger charge is -2.11. The molecule has 1 unspecified atom stereocenters. The van der Waals surface area contributed by atoms with Gasteiger partial charge in [-0.15, -0.1) is 0 Å². The van der Waals surface area contributed by atoms with Gasteiger partial charge in [-0.1, -0.05) is 47.5 Å². The highest BCUT2D eigenvalue weighted by atomic mass is 35.5. The molecule has 1 aromatic heterocycles. The number of aryl methyl sites for hydroxylation is 2. The van der Waals surface area contributed by atoms with Crippen LogP contribution in [0.5, 0.6) is 0 Å². The summed E-state index contributed by atoms with van der Waals surface area (Å²) in [5.41, 5.74) is 4.13. The first kappa shape index (κ1) is 14.2. The highest BCUT2D eigenvalue weighted by Crippen LogP contribution is 2.31. The Morgan fingerprint density at radius 2 is 1.95 bits per heavy atom. The smallest absolute Gasteiger partial charge is 0.152 e. The fourth-order valence-electron chi connectivity index (χ4n) is 2.54. The van der Waals surface area contributed by atoms with Gasteiger partial charge in [-0.25, -0.2) is 0 Å². The van der Waals surface area contributed by atoms with Crippen LogP contribution in [0.2, 0.25) is 5.02 Å². The standard InChI is InChI=1S/C18H17ClO2/c1-11-6-7-12(2)14(8-11)9-16(20)17-10-13-4-3-5-15(19)18(13)21-17/h3-8,10,16,20H,9H2,1-2H3. The first-order valence-electron chi connectivity index (χ1n) is 6.97. The maximum Gasteiger partial charge on any atom is 0.152 e. The first-order chi connectivity index (χ1) is 10.0. The Balaban J connectivity index is 1.91. The van der Waals surface area contributed by atoms with Gasteiger partial charge in [0.15, 0.2) is 5.58 Å². The summed E-state index contributed by atoms with van der Waals surface area (Å²) >= 11 is 6.11. The Hall–Kier alpha value is -1.77. The van der Waals surface area contributed by atoms with Gasteiger partial charge in [0.25, 0.3) is 0 Å². The molecule has 3 rings (SSSR count). The Bertz CT molecular complexity index is 789. The first-order valence-corrected chi connectivity index (χ1v) is 7.34. The van der Waals surface area contributed by atoms with Crippen molar-refractivity contribution in [2.45, 2.75) is 26.4 Å². The zero-order chi connectivity index (χ0) is 15.0. The molecule has 2 aromatic carbocycles. The molecule has 0 spiro atoms. The van der Waals surface area contributed by atoms with Gasteiger partial charge >= 0.3 is 0 Å². The van der Waals surface area contributed by atoms with Crippen molar-refractivity contribution in [2.24, 2.45) is 0 Å². The van der Waals surface area contributed by atoms with Crippen LogP contribution in [-0.4, -0.2) is 5.11 Å². The van der Waals surface area contributed by atoms with E-state index in [-0.39, 0.29) is 0 Å². The summed E-state index contributed by atoms with van der Waals surface area (Å²) in [7, 11) is 0. The third kappa shape index (κ3) is 2.82. The van der Waals surface area contributed by atoms with Crippen molar-refractivity contribution < 1.29 is 9.52 Å². The number of benzene rings is 2. The number of fused-ring (bicyclic) bond motifs is 1. The molecule has 1 heterocycles. The minimum Gasteiger partial charge on any atom is -0.457 e. The highest BCUT2D eigenvalue weighted by molar-refractivity contribution is 6.34. The SMILES string of the molecule is Cc1ccc(C)c(CC(O)c2cc3cccc(Cl)c3o2)c1. The van der Waals surface area contributed by atoms with Crippen molar-refractivity contribution in [1.29, 1.82) is 0 Å². The number of para-hydroxylation sites is 1. The molecule has 3 heteroatoms. The molecule has 21 heavy (non-hydrogen) atoms. The van der Waals surface area contributed by atoms with Gasteiger partial charge in [0, 0.05) is 11.8 Å². The number of halogens is 1. The minimum absolute atomic E-state index is 0.533. The van der Waals surface area contributed by atoms with Gasteiger partial charge in [0.05, 0.1) is 5.02 Å². The van der Waals surface area contributed by atoms with Crippen LogP contribution in [0.1, 0.15) is 28.6 Å². The molecule has 0 saturated carbocycles. The summed E-state index contributed by atoms with van der Waals surface area (Å²) < 4.78 is 5.72. The fraction of sp³-hybridized carbons (Fsp3) is 0.222. The molecule has 0 bridgehead atoms. The van der Waals surface area contributed by atoms with Crippen LogP contribution >= 0.6 is 11.6 Å². The van der Waals surface area contributed by atoms with E-state index in [1.165, 1.54) is 11.1 Å². The fourth-order valence-corrected chi connectivity index (χ4v) is 2.76. The zero-order valence-corrected chi connectivity index (χ0v) is 12.8. The van der Waals surface area contributed by atoms with Gasteiger partial charge in [0.2, 0.25) is 0 Å². The molecule has 0 radical (unpaired) electrons. The molecule has 0 aliphatic heterocycles. The van der Waals surface area contributed by atoms with E-state index in [4.69, 9.17) is 16.0 Å². The molecule has 1 atom stereocenters. The van der Waals surface area contributed by atoms with Crippen LogP contribution in [0.15, 0.2) is 46.9 Å². The second kappa shape index (κ2) is 5.55. The monoisotopic (exact) mass is 300 g/mol. The topological polar surface area (TPSA) is 33.4 Å². The Morgan fingerprint density at radius 3 is 2.71 bits per heavy atom. The number of hydrogen-bond acceptors (Lipinski definition) is 2. The normalized spacial score (nSPS) is 12.8. The summed E-state index contributed by atoms with van der Waals surface area (Å²) in [4.78, 5) is 0.